The number of carboxylic acids is 1. The first-order valence-electron chi connectivity index (χ1n) is 2.74. The Bertz CT molecular complexity index is 133. The van der Waals surface area contributed by atoms with Crippen molar-refractivity contribution in [2.75, 3.05) is 12.0 Å². The van der Waals surface area contributed by atoms with Crippen molar-refractivity contribution >= 4 is 17.7 Å². The quantitative estimate of drug-likeness (QED) is 0.331. The zero-order valence-electron chi connectivity index (χ0n) is 6.57. The average Bonchev–Trinajstić information content (AvgIpc) is 1.89. The van der Waals surface area contributed by atoms with E-state index in [9.17, 15) is 14.8 Å². The second-order valence-electron chi connectivity index (χ2n) is 1.72. The van der Waals surface area contributed by atoms with E-state index in [1.54, 1.807) is 0 Å². The molecule has 0 aliphatic rings. The topological polar surface area (TPSA) is 69.6 Å². The van der Waals surface area contributed by atoms with Gasteiger partial charge < -0.3 is 9.90 Å². The molecule has 4 nitrogen and oxygen atoms in total. The molecule has 1 atom stereocenters. The van der Waals surface area contributed by atoms with E-state index in [1.807, 2.05) is 6.26 Å². The molecule has 0 amide bonds. The first-order chi connectivity index (χ1) is 4.72. The van der Waals surface area contributed by atoms with Crippen molar-refractivity contribution in [2.24, 2.45) is 5.18 Å². The fraction of sp³-hybridized carbons (Fsp3) is 0.800. The predicted octanol–water partition coefficient (Wildman–Crippen LogP) is -3.37. The van der Waals surface area contributed by atoms with Crippen LogP contribution in [-0.2, 0) is 4.79 Å². The largest absolute Gasteiger partial charge is 1.00 e. The molecule has 0 rings (SSSR count). The molecule has 0 N–H and O–H groups in total. The Kier molecular flexibility index (Phi) is 10.8. The van der Waals surface area contributed by atoms with E-state index in [-0.39, 0.29) is 36.0 Å². The first kappa shape index (κ1) is 14.0. The number of carboxylic acid groups (broad SMARTS) is 1. The van der Waals surface area contributed by atoms with Crippen molar-refractivity contribution in [3.8, 4) is 0 Å². The molecule has 0 saturated heterocycles. The number of nitrogens with zero attached hydrogens (tertiary/aromatic N) is 1. The zero-order valence-corrected chi connectivity index (χ0v) is 9.39. The summed E-state index contributed by atoms with van der Waals surface area (Å²) in [5.74, 6) is -0.770. The van der Waals surface area contributed by atoms with Crippen molar-refractivity contribution < 1.29 is 39.5 Å². The molecule has 0 saturated carbocycles. The molecule has 0 aliphatic heterocycles. The van der Waals surface area contributed by atoms with Crippen LogP contribution in [0.2, 0.25) is 0 Å². The summed E-state index contributed by atoms with van der Waals surface area (Å²) in [5, 5.41) is 12.4. The van der Waals surface area contributed by atoms with E-state index in [2.05, 4.69) is 5.18 Å². The second kappa shape index (κ2) is 8.52. The Hall–Kier alpha value is 0.420. The number of hydrogen-bond acceptors (Lipinski definition) is 5. The van der Waals surface area contributed by atoms with Crippen LogP contribution in [0, 0.1) is 4.91 Å². The maximum atomic E-state index is 10.0. The molecular weight excluding hydrogens is 177 g/mol. The Morgan fingerprint density at radius 1 is 1.73 bits per heavy atom. The molecule has 0 unspecified atom stereocenters. The maximum absolute atomic E-state index is 10.0. The standard InChI is InChI=1S/C5H9NO3S.Na/c1-10-3-2-4(6-9)5(7)8;/h4H,2-3H2,1H3,(H,7,8);/q;+1/p-1/t4-;/m0./s1. The smallest absolute Gasteiger partial charge is 0.548 e. The van der Waals surface area contributed by atoms with Crippen LogP contribution in [0.4, 0.5) is 0 Å². The second-order valence-corrected chi connectivity index (χ2v) is 2.71. The molecule has 0 aliphatic carbocycles. The third-order valence-electron chi connectivity index (χ3n) is 0.995. The van der Waals surface area contributed by atoms with Crippen LogP contribution < -0.4 is 34.7 Å². The molecule has 11 heavy (non-hydrogen) atoms. The minimum atomic E-state index is -1.39. The van der Waals surface area contributed by atoms with Gasteiger partial charge in [-0.25, -0.2) is 0 Å². The Morgan fingerprint density at radius 3 is 2.55 bits per heavy atom. The molecule has 0 heterocycles. The number of aliphatic carboxylic acids is 1. The number of nitroso groups, excluding NO2 is 1. The molecule has 0 spiro atoms. The number of carbonyl (C=O) groups is 1. The van der Waals surface area contributed by atoms with E-state index in [0.29, 0.717) is 5.75 Å². The molecule has 0 bridgehead atoms. The molecule has 0 aromatic rings. The van der Waals surface area contributed by atoms with Gasteiger partial charge in [0.25, 0.3) is 0 Å². The van der Waals surface area contributed by atoms with Crippen molar-refractivity contribution in [3.05, 3.63) is 4.91 Å². The van der Waals surface area contributed by atoms with Gasteiger partial charge in [0, 0.05) is 0 Å². The molecule has 0 aromatic carbocycles. The van der Waals surface area contributed by atoms with E-state index in [0.717, 1.165) is 0 Å². The van der Waals surface area contributed by atoms with Gasteiger partial charge >= 0.3 is 29.6 Å². The summed E-state index contributed by atoms with van der Waals surface area (Å²) in [5.41, 5.74) is 0. The number of rotatable bonds is 5. The SMILES string of the molecule is CSCC[C@H](N=O)C(=O)[O-].[Na+]. The summed E-state index contributed by atoms with van der Waals surface area (Å²) in [6, 6.07) is -1.17. The van der Waals surface area contributed by atoms with Crippen molar-refractivity contribution in [3.63, 3.8) is 0 Å². The fourth-order valence-electron chi connectivity index (χ4n) is 0.443. The number of hydrogen-bond donors (Lipinski definition) is 0. The van der Waals surface area contributed by atoms with Crippen molar-refractivity contribution in [2.45, 2.75) is 12.5 Å². The van der Waals surface area contributed by atoms with Gasteiger partial charge in [0.15, 0.2) is 0 Å². The molecule has 0 aromatic heterocycles. The first-order valence-corrected chi connectivity index (χ1v) is 4.14. The molecule has 58 valence electrons. The monoisotopic (exact) mass is 185 g/mol. The summed E-state index contributed by atoms with van der Waals surface area (Å²) >= 11 is 1.47. The van der Waals surface area contributed by atoms with Gasteiger partial charge in [0.1, 0.15) is 6.04 Å². The normalized spacial score (nSPS) is 11.4. The van der Waals surface area contributed by atoms with Crippen LogP contribution in [0.25, 0.3) is 0 Å². The molecule has 0 radical (unpaired) electrons. The minimum absolute atomic E-state index is 0. The van der Waals surface area contributed by atoms with E-state index >= 15 is 0 Å². The third-order valence-corrected chi connectivity index (χ3v) is 1.64. The zero-order chi connectivity index (χ0) is 7.98. The van der Waals surface area contributed by atoms with E-state index in [4.69, 9.17) is 0 Å². The Morgan fingerprint density at radius 2 is 2.27 bits per heavy atom. The summed E-state index contributed by atoms with van der Waals surface area (Å²) in [7, 11) is 0. The van der Waals surface area contributed by atoms with Gasteiger partial charge in [-0.15, -0.1) is 0 Å². The van der Waals surface area contributed by atoms with Gasteiger partial charge in [-0.2, -0.15) is 16.7 Å². The van der Waals surface area contributed by atoms with Crippen LogP contribution in [0.15, 0.2) is 5.18 Å². The number of carbonyl (C=O) groups excluding carboxylic acids is 1. The Labute approximate surface area is 91.4 Å². The number of thioether (sulfide) groups is 1. The summed E-state index contributed by atoms with van der Waals surface area (Å²) in [6.45, 7) is 0. The van der Waals surface area contributed by atoms with Gasteiger partial charge in [0.2, 0.25) is 0 Å². The van der Waals surface area contributed by atoms with Crippen molar-refractivity contribution in [1.29, 1.82) is 0 Å². The predicted molar refractivity (Wildman–Crippen MR) is 37.6 cm³/mol. The fourth-order valence-corrected chi connectivity index (χ4v) is 0.902. The van der Waals surface area contributed by atoms with Gasteiger partial charge in [-0.1, -0.05) is 5.18 Å². The summed E-state index contributed by atoms with van der Waals surface area (Å²) < 4.78 is 0. The van der Waals surface area contributed by atoms with Crippen molar-refractivity contribution in [1.82, 2.24) is 0 Å². The molecular formula is C5H8NNaO3S. The van der Waals surface area contributed by atoms with Gasteiger partial charge in [-0.05, 0) is 18.4 Å². The Balaban J connectivity index is 0. The van der Waals surface area contributed by atoms with Crippen LogP contribution in [0.5, 0.6) is 0 Å². The average molecular weight is 185 g/mol. The third kappa shape index (κ3) is 6.80. The van der Waals surface area contributed by atoms with E-state index < -0.39 is 12.0 Å². The van der Waals surface area contributed by atoms with Gasteiger partial charge in [-0.3, -0.25) is 0 Å². The maximum Gasteiger partial charge on any atom is 1.00 e. The van der Waals surface area contributed by atoms with Crippen LogP contribution in [-0.4, -0.2) is 24.0 Å². The molecule has 6 heteroatoms. The van der Waals surface area contributed by atoms with Crippen LogP contribution >= 0.6 is 11.8 Å². The van der Waals surface area contributed by atoms with Gasteiger partial charge in [0.05, 0.1) is 5.97 Å². The van der Waals surface area contributed by atoms with Crippen LogP contribution in [0.3, 0.4) is 0 Å². The van der Waals surface area contributed by atoms with E-state index in [1.165, 1.54) is 11.8 Å². The minimum Gasteiger partial charge on any atom is -0.548 e. The van der Waals surface area contributed by atoms with Crippen LogP contribution in [0.1, 0.15) is 6.42 Å². The summed E-state index contributed by atoms with van der Waals surface area (Å²) in [4.78, 5) is 19.8. The molecule has 0 fully saturated rings. The summed E-state index contributed by atoms with van der Waals surface area (Å²) in [6.07, 6.45) is 2.09.